The Kier molecular flexibility index (Phi) is 3.59. The first kappa shape index (κ1) is 10.4. The highest BCUT2D eigenvalue weighted by Gasteiger charge is 2.39. The third-order valence-electron chi connectivity index (χ3n) is 2.09. The van der Waals surface area contributed by atoms with Crippen LogP contribution in [0.2, 0.25) is 0 Å². The molecule has 0 N–H and O–H groups in total. The van der Waals surface area contributed by atoms with Crippen LogP contribution in [0.1, 0.15) is 0 Å². The zero-order chi connectivity index (χ0) is 9.84. The van der Waals surface area contributed by atoms with Gasteiger partial charge in [-0.15, -0.1) is 0 Å². The van der Waals surface area contributed by atoms with E-state index in [1.807, 2.05) is 0 Å². The molecule has 1 saturated heterocycles. The lowest BCUT2D eigenvalue weighted by Gasteiger charge is -2.13. The van der Waals surface area contributed by atoms with Crippen molar-refractivity contribution >= 4 is 23.7 Å². The van der Waals surface area contributed by atoms with Gasteiger partial charge in [-0.1, -0.05) is 0 Å². The Hall–Kier alpha value is -0.710. The van der Waals surface area contributed by atoms with E-state index in [0.29, 0.717) is 11.5 Å². The SMILES string of the molecule is COC(=O)[C@@H]1CSC[C@H]1C(=O)OC. The molecule has 0 aliphatic carbocycles. The van der Waals surface area contributed by atoms with Crippen LogP contribution in [0.5, 0.6) is 0 Å². The topological polar surface area (TPSA) is 52.6 Å². The largest absolute Gasteiger partial charge is 0.469 e. The number of rotatable bonds is 2. The predicted molar refractivity (Wildman–Crippen MR) is 48.3 cm³/mol. The van der Waals surface area contributed by atoms with Crippen LogP contribution < -0.4 is 0 Å². The molecular formula is C8H12O4S. The number of thioether (sulfide) groups is 1. The van der Waals surface area contributed by atoms with Crippen molar-refractivity contribution in [3.8, 4) is 0 Å². The molecule has 0 aromatic carbocycles. The van der Waals surface area contributed by atoms with Crippen molar-refractivity contribution in [2.45, 2.75) is 0 Å². The molecular weight excluding hydrogens is 192 g/mol. The Bertz CT molecular complexity index is 194. The number of ether oxygens (including phenoxy) is 2. The summed E-state index contributed by atoms with van der Waals surface area (Å²) in [5.74, 6) is -0.00972. The van der Waals surface area contributed by atoms with E-state index in [2.05, 4.69) is 9.47 Å². The van der Waals surface area contributed by atoms with Crippen molar-refractivity contribution in [1.82, 2.24) is 0 Å². The fourth-order valence-electron chi connectivity index (χ4n) is 1.32. The van der Waals surface area contributed by atoms with Gasteiger partial charge in [0, 0.05) is 11.5 Å². The molecule has 1 heterocycles. The van der Waals surface area contributed by atoms with Gasteiger partial charge in [-0.05, 0) is 0 Å². The Labute approximate surface area is 81.0 Å². The Morgan fingerprint density at radius 3 is 1.77 bits per heavy atom. The van der Waals surface area contributed by atoms with Crippen molar-refractivity contribution in [2.24, 2.45) is 11.8 Å². The molecule has 0 spiro atoms. The average molecular weight is 204 g/mol. The van der Waals surface area contributed by atoms with Crippen LogP contribution in [-0.2, 0) is 19.1 Å². The second kappa shape index (κ2) is 4.50. The summed E-state index contributed by atoms with van der Waals surface area (Å²) in [4.78, 5) is 22.4. The summed E-state index contributed by atoms with van der Waals surface area (Å²) < 4.78 is 9.20. The van der Waals surface area contributed by atoms with Gasteiger partial charge in [0.2, 0.25) is 0 Å². The summed E-state index contributed by atoms with van der Waals surface area (Å²) in [6.07, 6.45) is 0. The second-order valence-corrected chi connectivity index (χ2v) is 3.87. The summed E-state index contributed by atoms with van der Waals surface area (Å²) >= 11 is 1.58. The van der Waals surface area contributed by atoms with E-state index in [-0.39, 0.29) is 23.8 Å². The van der Waals surface area contributed by atoms with E-state index in [1.54, 1.807) is 11.8 Å². The minimum Gasteiger partial charge on any atom is -0.469 e. The molecule has 1 fully saturated rings. The van der Waals surface area contributed by atoms with Crippen LogP contribution in [0.3, 0.4) is 0 Å². The van der Waals surface area contributed by atoms with E-state index in [0.717, 1.165) is 0 Å². The number of hydrogen-bond donors (Lipinski definition) is 0. The van der Waals surface area contributed by atoms with E-state index >= 15 is 0 Å². The van der Waals surface area contributed by atoms with Crippen LogP contribution in [0.4, 0.5) is 0 Å². The van der Waals surface area contributed by atoms with E-state index in [1.165, 1.54) is 14.2 Å². The quantitative estimate of drug-likeness (QED) is 0.606. The molecule has 0 bridgehead atoms. The normalized spacial score (nSPS) is 26.9. The monoisotopic (exact) mass is 204 g/mol. The van der Waals surface area contributed by atoms with E-state index < -0.39 is 0 Å². The van der Waals surface area contributed by atoms with Crippen LogP contribution in [-0.4, -0.2) is 37.7 Å². The lowest BCUT2D eigenvalue weighted by molar-refractivity contribution is -0.155. The van der Waals surface area contributed by atoms with Gasteiger partial charge in [0.1, 0.15) is 0 Å². The van der Waals surface area contributed by atoms with Crippen molar-refractivity contribution < 1.29 is 19.1 Å². The average Bonchev–Trinajstić information content (AvgIpc) is 2.63. The van der Waals surface area contributed by atoms with Gasteiger partial charge in [-0.25, -0.2) is 0 Å². The minimum atomic E-state index is -0.331. The predicted octanol–water partition coefficient (Wildman–Crippen LogP) is 0.312. The van der Waals surface area contributed by atoms with E-state index in [4.69, 9.17) is 0 Å². The number of esters is 2. The van der Waals surface area contributed by atoms with Crippen LogP contribution in [0.25, 0.3) is 0 Å². The number of hydrogen-bond acceptors (Lipinski definition) is 5. The van der Waals surface area contributed by atoms with Gasteiger partial charge in [0.05, 0.1) is 26.1 Å². The zero-order valence-electron chi connectivity index (χ0n) is 7.61. The molecule has 74 valence electrons. The maximum atomic E-state index is 11.2. The van der Waals surface area contributed by atoms with Gasteiger partial charge >= 0.3 is 11.9 Å². The van der Waals surface area contributed by atoms with Gasteiger partial charge in [0.25, 0.3) is 0 Å². The van der Waals surface area contributed by atoms with Gasteiger partial charge in [-0.2, -0.15) is 11.8 Å². The first-order chi connectivity index (χ1) is 6.20. The minimum absolute atomic E-state index is 0.319. The Morgan fingerprint density at radius 1 is 1.08 bits per heavy atom. The van der Waals surface area contributed by atoms with Crippen molar-refractivity contribution in [1.29, 1.82) is 0 Å². The highest BCUT2D eigenvalue weighted by atomic mass is 32.2. The molecule has 5 heteroatoms. The molecule has 0 amide bonds. The fraction of sp³-hybridized carbons (Fsp3) is 0.750. The molecule has 1 aliphatic heterocycles. The highest BCUT2D eigenvalue weighted by molar-refractivity contribution is 7.99. The van der Waals surface area contributed by atoms with Crippen molar-refractivity contribution in [3.05, 3.63) is 0 Å². The van der Waals surface area contributed by atoms with Crippen molar-refractivity contribution in [2.75, 3.05) is 25.7 Å². The maximum Gasteiger partial charge on any atom is 0.310 e. The van der Waals surface area contributed by atoms with Crippen molar-refractivity contribution in [3.63, 3.8) is 0 Å². The number of carbonyl (C=O) groups excluding carboxylic acids is 2. The van der Waals surface area contributed by atoms with Crippen LogP contribution >= 0.6 is 11.8 Å². The van der Waals surface area contributed by atoms with Crippen LogP contribution in [0.15, 0.2) is 0 Å². The zero-order valence-corrected chi connectivity index (χ0v) is 8.43. The summed E-state index contributed by atoms with van der Waals surface area (Å²) in [6.45, 7) is 0. The molecule has 1 rings (SSSR count). The molecule has 2 atom stereocenters. The molecule has 0 radical (unpaired) electrons. The third-order valence-corrected chi connectivity index (χ3v) is 3.28. The number of methoxy groups -OCH3 is 2. The first-order valence-electron chi connectivity index (χ1n) is 3.94. The summed E-state index contributed by atoms with van der Waals surface area (Å²) in [5.41, 5.74) is 0. The Balaban J connectivity index is 2.63. The van der Waals surface area contributed by atoms with E-state index in [9.17, 15) is 9.59 Å². The second-order valence-electron chi connectivity index (χ2n) is 2.80. The van der Waals surface area contributed by atoms with Gasteiger partial charge < -0.3 is 9.47 Å². The maximum absolute atomic E-state index is 11.2. The summed E-state index contributed by atoms with van der Waals surface area (Å²) in [5, 5.41) is 0. The van der Waals surface area contributed by atoms with Gasteiger partial charge in [0.15, 0.2) is 0 Å². The lowest BCUT2D eigenvalue weighted by atomic mass is 9.96. The highest BCUT2D eigenvalue weighted by Crippen LogP contribution is 2.31. The molecule has 0 saturated carbocycles. The van der Waals surface area contributed by atoms with Crippen LogP contribution in [0, 0.1) is 11.8 Å². The molecule has 1 aliphatic rings. The Morgan fingerprint density at radius 2 is 1.46 bits per heavy atom. The van der Waals surface area contributed by atoms with Gasteiger partial charge in [-0.3, -0.25) is 9.59 Å². The third kappa shape index (κ3) is 2.15. The first-order valence-corrected chi connectivity index (χ1v) is 5.09. The summed E-state index contributed by atoms with van der Waals surface area (Å²) in [6, 6.07) is 0. The molecule has 0 unspecified atom stereocenters. The fourth-order valence-corrected chi connectivity index (χ4v) is 2.70. The standard InChI is InChI=1S/C8H12O4S/c1-11-7(9)5-3-13-4-6(5)8(10)12-2/h5-6H,3-4H2,1-2H3/t5-,6-/m1/s1. The molecule has 4 nitrogen and oxygen atoms in total. The lowest BCUT2D eigenvalue weighted by Crippen LogP contribution is -2.30. The smallest absolute Gasteiger partial charge is 0.310 e. The number of carbonyl (C=O) groups is 2. The molecule has 0 aromatic rings. The molecule has 13 heavy (non-hydrogen) atoms. The molecule has 0 aromatic heterocycles. The summed E-state index contributed by atoms with van der Waals surface area (Å²) in [7, 11) is 2.67.